The largest absolute Gasteiger partial charge is 0.373 e. The number of amides is 1. The van der Waals surface area contributed by atoms with E-state index in [-0.39, 0.29) is 18.1 Å². The molecule has 0 spiro atoms. The van der Waals surface area contributed by atoms with Crippen LogP contribution in [0.3, 0.4) is 0 Å². The summed E-state index contributed by atoms with van der Waals surface area (Å²) >= 11 is 0. The standard InChI is InChI=1S/C22H26N6O2/c1-16-9-12-28-20(24-25-22(28)23-16)21(29)27-13-14-30-18(15-26-10-5-6-11-26)19(27)17-7-3-2-4-8-17/h2-4,7-9,12,18-19H,5-6,10-11,13-15H2,1H3/t18-,19-/m0/s1. The van der Waals surface area contributed by atoms with Crippen molar-refractivity contribution in [3.63, 3.8) is 0 Å². The summed E-state index contributed by atoms with van der Waals surface area (Å²) in [4.78, 5) is 22.3. The Labute approximate surface area is 175 Å². The van der Waals surface area contributed by atoms with Gasteiger partial charge in [-0.2, -0.15) is 0 Å². The highest BCUT2D eigenvalue weighted by molar-refractivity contribution is 5.91. The quantitative estimate of drug-likeness (QED) is 0.661. The van der Waals surface area contributed by atoms with E-state index in [2.05, 4.69) is 32.2 Å². The van der Waals surface area contributed by atoms with Gasteiger partial charge in [0.05, 0.1) is 18.8 Å². The molecule has 0 radical (unpaired) electrons. The Morgan fingerprint density at radius 2 is 1.90 bits per heavy atom. The molecule has 0 saturated carbocycles. The maximum atomic E-state index is 13.6. The third-order valence-corrected chi connectivity index (χ3v) is 6.00. The second-order valence-corrected chi connectivity index (χ2v) is 8.03. The van der Waals surface area contributed by atoms with Crippen LogP contribution in [0.4, 0.5) is 0 Å². The number of rotatable bonds is 4. The summed E-state index contributed by atoms with van der Waals surface area (Å²) in [7, 11) is 0. The lowest BCUT2D eigenvalue weighted by Crippen LogP contribution is -2.51. The van der Waals surface area contributed by atoms with Crippen LogP contribution in [0.15, 0.2) is 42.6 Å². The SMILES string of the molecule is Cc1ccn2c(C(=O)N3CCO[C@@H](CN4CCCC4)[C@@H]3c3ccccc3)nnc2n1. The number of carbonyl (C=O) groups is 1. The zero-order valence-corrected chi connectivity index (χ0v) is 17.1. The summed E-state index contributed by atoms with van der Waals surface area (Å²) in [5, 5.41) is 8.29. The van der Waals surface area contributed by atoms with Crippen molar-refractivity contribution in [1.29, 1.82) is 0 Å². The van der Waals surface area contributed by atoms with E-state index in [0.29, 0.717) is 24.8 Å². The Morgan fingerprint density at radius 1 is 1.10 bits per heavy atom. The van der Waals surface area contributed by atoms with Crippen molar-refractivity contribution >= 4 is 11.7 Å². The molecule has 30 heavy (non-hydrogen) atoms. The number of hydrogen-bond acceptors (Lipinski definition) is 6. The van der Waals surface area contributed by atoms with Crippen LogP contribution >= 0.6 is 0 Å². The normalized spacial score (nSPS) is 22.6. The third kappa shape index (κ3) is 3.57. The highest BCUT2D eigenvalue weighted by atomic mass is 16.5. The molecule has 2 aliphatic rings. The summed E-state index contributed by atoms with van der Waals surface area (Å²) in [6.07, 6.45) is 4.18. The molecule has 2 aromatic heterocycles. The highest BCUT2D eigenvalue weighted by Crippen LogP contribution is 2.32. The number of ether oxygens (including phenoxy) is 1. The monoisotopic (exact) mass is 406 g/mol. The Hall–Kier alpha value is -2.84. The number of nitrogens with zero attached hydrogens (tertiary/aromatic N) is 6. The van der Waals surface area contributed by atoms with Crippen LogP contribution in [0, 0.1) is 6.92 Å². The van der Waals surface area contributed by atoms with Crippen molar-refractivity contribution in [1.82, 2.24) is 29.4 Å². The summed E-state index contributed by atoms with van der Waals surface area (Å²) < 4.78 is 7.89. The van der Waals surface area contributed by atoms with Gasteiger partial charge in [0.15, 0.2) is 0 Å². The summed E-state index contributed by atoms with van der Waals surface area (Å²) in [6.45, 7) is 5.94. The van der Waals surface area contributed by atoms with Gasteiger partial charge in [0.2, 0.25) is 5.82 Å². The molecule has 1 aromatic carbocycles. The summed E-state index contributed by atoms with van der Waals surface area (Å²) in [5.74, 6) is 0.591. The average molecular weight is 406 g/mol. The van der Waals surface area contributed by atoms with Crippen LogP contribution in [0.1, 0.15) is 40.8 Å². The number of benzene rings is 1. The fraction of sp³-hybridized carbons (Fsp3) is 0.455. The van der Waals surface area contributed by atoms with Crippen molar-refractivity contribution in [2.75, 3.05) is 32.8 Å². The van der Waals surface area contributed by atoms with E-state index in [1.54, 1.807) is 4.40 Å². The topological polar surface area (TPSA) is 75.9 Å². The van der Waals surface area contributed by atoms with Crippen LogP contribution < -0.4 is 0 Å². The van der Waals surface area contributed by atoms with E-state index in [9.17, 15) is 4.79 Å². The first-order chi connectivity index (χ1) is 14.7. The van der Waals surface area contributed by atoms with E-state index in [0.717, 1.165) is 30.9 Å². The van der Waals surface area contributed by atoms with Gasteiger partial charge >= 0.3 is 0 Å². The predicted octanol–water partition coefficient (Wildman–Crippen LogP) is 2.11. The number of carbonyl (C=O) groups excluding carboxylic acids is 1. The minimum atomic E-state index is -0.168. The zero-order chi connectivity index (χ0) is 20.5. The molecule has 4 heterocycles. The molecule has 1 amide bonds. The lowest BCUT2D eigenvalue weighted by Gasteiger charge is -2.42. The van der Waals surface area contributed by atoms with Gasteiger partial charge in [-0.25, -0.2) is 4.98 Å². The second-order valence-electron chi connectivity index (χ2n) is 8.03. The van der Waals surface area contributed by atoms with E-state index in [4.69, 9.17) is 4.74 Å². The molecule has 3 aromatic rings. The molecule has 0 N–H and O–H groups in total. The fourth-order valence-corrected chi connectivity index (χ4v) is 4.53. The first-order valence-corrected chi connectivity index (χ1v) is 10.6. The van der Waals surface area contributed by atoms with E-state index >= 15 is 0 Å². The molecule has 156 valence electrons. The zero-order valence-electron chi connectivity index (χ0n) is 17.1. The highest BCUT2D eigenvalue weighted by Gasteiger charge is 2.39. The molecule has 5 rings (SSSR count). The van der Waals surface area contributed by atoms with E-state index < -0.39 is 0 Å². The molecular weight excluding hydrogens is 380 g/mol. The van der Waals surface area contributed by atoms with Crippen molar-refractivity contribution < 1.29 is 9.53 Å². The van der Waals surface area contributed by atoms with Crippen LogP contribution in [0.2, 0.25) is 0 Å². The van der Waals surface area contributed by atoms with Crippen LogP contribution in [0.5, 0.6) is 0 Å². The lowest BCUT2D eigenvalue weighted by molar-refractivity contribution is -0.0710. The van der Waals surface area contributed by atoms with Crippen LogP contribution in [-0.4, -0.2) is 74.2 Å². The predicted molar refractivity (Wildman–Crippen MR) is 111 cm³/mol. The molecule has 2 aliphatic heterocycles. The van der Waals surface area contributed by atoms with Crippen LogP contribution in [0.25, 0.3) is 5.78 Å². The van der Waals surface area contributed by atoms with Gasteiger partial charge in [-0.15, -0.1) is 10.2 Å². The van der Waals surface area contributed by atoms with Gasteiger partial charge in [-0.05, 0) is 44.5 Å². The Morgan fingerprint density at radius 3 is 2.70 bits per heavy atom. The van der Waals surface area contributed by atoms with Gasteiger partial charge in [0, 0.05) is 25.0 Å². The molecule has 2 fully saturated rings. The first kappa shape index (κ1) is 19.1. The molecule has 2 saturated heterocycles. The Balaban J connectivity index is 1.50. The van der Waals surface area contributed by atoms with Crippen molar-refractivity contribution in [2.24, 2.45) is 0 Å². The number of likely N-dealkylation sites (tertiary alicyclic amines) is 1. The van der Waals surface area contributed by atoms with Crippen molar-refractivity contribution in [3.8, 4) is 0 Å². The molecule has 2 atom stereocenters. The van der Waals surface area contributed by atoms with E-state index in [1.165, 1.54) is 12.8 Å². The van der Waals surface area contributed by atoms with Gasteiger partial charge < -0.3 is 14.5 Å². The number of hydrogen-bond donors (Lipinski definition) is 0. The molecule has 0 bridgehead atoms. The number of aromatic nitrogens is 4. The molecule has 0 unspecified atom stereocenters. The summed E-state index contributed by atoms with van der Waals surface area (Å²) in [6, 6.07) is 11.9. The Kier molecular flexibility index (Phi) is 5.18. The van der Waals surface area contributed by atoms with Crippen molar-refractivity contribution in [3.05, 3.63) is 59.7 Å². The van der Waals surface area contributed by atoms with Gasteiger partial charge in [0.1, 0.15) is 0 Å². The minimum absolute atomic E-state index is 0.0808. The summed E-state index contributed by atoms with van der Waals surface area (Å²) in [5.41, 5.74) is 1.92. The second kappa shape index (κ2) is 8.12. The van der Waals surface area contributed by atoms with Gasteiger partial charge in [-0.3, -0.25) is 9.20 Å². The Bertz CT molecular complexity index is 1030. The molecular formula is C22H26N6O2. The first-order valence-electron chi connectivity index (χ1n) is 10.6. The number of fused-ring (bicyclic) bond motifs is 1. The minimum Gasteiger partial charge on any atom is -0.373 e. The van der Waals surface area contributed by atoms with Gasteiger partial charge in [0.25, 0.3) is 11.7 Å². The van der Waals surface area contributed by atoms with Crippen LogP contribution in [-0.2, 0) is 4.74 Å². The fourth-order valence-electron chi connectivity index (χ4n) is 4.53. The number of morpholine rings is 1. The van der Waals surface area contributed by atoms with Crippen molar-refractivity contribution in [2.45, 2.75) is 31.9 Å². The van der Waals surface area contributed by atoms with E-state index in [1.807, 2.05) is 42.3 Å². The number of aryl methyl sites for hydroxylation is 1. The third-order valence-electron chi connectivity index (χ3n) is 6.00. The van der Waals surface area contributed by atoms with Gasteiger partial charge in [-0.1, -0.05) is 30.3 Å². The molecule has 0 aliphatic carbocycles. The molecule has 8 nitrogen and oxygen atoms in total. The smallest absolute Gasteiger partial charge is 0.292 e. The lowest BCUT2D eigenvalue weighted by atomic mass is 9.97. The molecule has 8 heteroatoms. The maximum Gasteiger partial charge on any atom is 0.292 e. The maximum absolute atomic E-state index is 13.6. The average Bonchev–Trinajstić information content (AvgIpc) is 3.43.